The summed E-state index contributed by atoms with van der Waals surface area (Å²) < 4.78 is 0. The number of non-ortho nitro benzene ring substituents is 1. The van der Waals surface area contributed by atoms with Crippen molar-refractivity contribution in [3.8, 4) is 6.07 Å². The number of nitro benzene ring substituents is 1. The number of rotatable bonds is 5. The number of carbonyl (C=O) groups is 1. The van der Waals surface area contributed by atoms with Crippen LogP contribution in [0.2, 0.25) is 0 Å². The van der Waals surface area contributed by atoms with Crippen molar-refractivity contribution in [3.63, 3.8) is 0 Å². The molecule has 2 aliphatic rings. The van der Waals surface area contributed by atoms with Crippen molar-refractivity contribution in [3.05, 3.63) is 73.4 Å². The molecule has 1 atom stereocenters. The Morgan fingerprint density at radius 3 is 2.90 bits per heavy atom. The van der Waals surface area contributed by atoms with Crippen molar-refractivity contribution in [2.24, 2.45) is 5.73 Å². The summed E-state index contributed by atoms with van der Waals surface area (Å²) >= 11 is 3.20. The van der Waals surface area contributed by atoms with Crippen molar-refractivity contribution in [2.75, 3.05) is 10.7 Å². The molecule has 0 bridgehead atoms. The van der Waals surface area contributed by atoms with Crippen molar-refractivity contribution < 1.29 is 9.72 Å². The first-order valence-corrected chi connectivity index (χ1v) is 11.7. The molecule has 0 saturated heterocycles. The lowest BCUT2D eigenvalue weighted by Gasteiger charge is -2.39. The van der Waals surface area contributed by atoms with Crippen LogP contribution in [-0.2, 0) is 4.79 Å². The van der Waals surface area contributed by atoms with Crippen molar-refractivity contribution in [1.82, 2.24) is 0 Å². The molecule has 2 N–H and O–H groups in total. The van der Waals surface area contributed by atoms with Gasteiger partial charge in [-0.3, -0.25) is 19.8 Å². The van der Waals surface area contributed by atoms with E-state index in [1.807, 2.05) is 11.4 Å². The minimum Gasteiger partial charge on any atom is -0.384 e. The number of carbonyl (C=O) groups excluding carboxylic acids is 1. The van der Waals surface area contributed by atoms with E-state index in [0.29, 0.717) is 36.1 Å². The van der Waals surface area contributed by atoms with E-state index in [4.69, 9.17) is 5.73 Å². The summed E-state index contributed by atoms with van der Waals surface area (Å²) in [6.07, 6.45) is 1.70. The molecule has 1 aliphatic carbocycles. The van der Waals surface area contributed by atoms with Crippen LogP contribution in [0.5, 0.6) is 0 Å². The molecule has 0 saturated carbocycles. The molecule has 7 nitrogen and oxygen atoms in total. The highest BCUT2D eigenvalue weighted by Gasteiger charge is 2.41. The predicted octanol–water partition coefficient (Wildman–Crippen LogP) is 5.07. The second kappa shape index (κ2) is 8.57. The normalized spacial score (nSPS) is 18.8. The second-order valence-electron chi connectivity index (χ2n) is 7.18. The van der Waals surface area contributed by atoms with Gasteiger partial charge in [0.25, 0.3) is 5.69 Å². The van der Waals surface area contributed by atoms with Crippen LogP contribution in [0.3, 0.4) is 0 Å². The Morgan fingerprint density at radius 1 is 1.39 bits per heavy atom. The molecule has 0 amide bonds. The van der Waals surface area contributed by atoms with E-state index < -0.39 is 10.8 Å². The van der Waals surface area contributed by atoms with E-state index in [9.17, 15) is 20.2 Å². The zero-order valence-electron chi connectivity index (χ0n) is 16.8. The van der Waals surface area contributed by atoms with Gasteiger partial charge in [0.05, 0.1) is 28.2 Å². The van der Waals surface area contributed by atoms with Gasteiger partial charge >= 0.3 is 0 Å². The number of nitrogens with two attached hydrogens (primary N) is 1. The van der Waals surface area contributed by atoms with Gasteiger partial charge in [-0.05, 0) is 36.1 Å². The summed E-state index contributed by atoms with van der Waals surface area (Å²) in [4.78, 5) is 27.7. The number of nitriles is 1. The number of benzene rings is 1. The molecule has 0 unspecified atom stereocenters. The van der Waals surface area contributed by atoms with Gasteiger partial charge in [0.2, 0.25) is 0 Å². The maximum atomic E-state index is 13.2. The molecular formula is C22H20N4O3S2. The van der Waals surface area contributed by atoms with Crippen molar-refractivity contribution in [1.29, 1.82) is 5.26 Å². The molecule has 158 valence electrons. The van der Waals surface area contributed by atoms with Gasteiger partial charge in [-0.1, -0.05) is 13.0 Å². The number of thiophene rings is 1. The summed E-state index contributed by atoms with van der Waals surface area (Å²) in [6, 6.07) is 10.4. The number of allylic oxidation sites excluding steroid dienone is 3. The fourth-order valence-electron chi connectivity index (χ4n) is 4.18. The number of thioether (sulfide) groups is 1. The first kappa shape index (κ1) is 21.2. The Hall–Kier alpha value is -3.09. The van der Waals surface area contributed by atoms with E-state index in [-0.39, 0.29) is 17.3 Å². The zero-order valence-corrected chi connectivity index (χ0v) is 18.5. The smallest absolute Gasteiger partial charge is 0.271 e. The topological polar surface area (TPSA) is 113 Å². The summed E-state index contributed by atoms with van der Waals surface area (Å²) in [5.74, 6) is 0.596. The van der Waals surface area contributed by atoms with Gasteiger partial charge in [0.1, 0.15) is 5.82 Å². The lowest BCUT2D eigenvalue weighted by molar-refractivity contribution is -0.384. The maximum absolute atomic E-state index is 13.2. The minimum atomic E-state index is -0.503. The maximum Gasteiger partial charge on any atom is 0.271 e. The van der Waals surface area contributed by atoms with Gasteiger partial charge < -0.3 is 5.73 Å². The number of hydrogen-bond donors (Lipinski definition) is 1. The van der Waals surface area contributed by atoms with E-state index in [1.165, 1.54) is 23.5 Å². The van der Waals surface area contributed by atoms with Crippen molar-refractivity contribution in [2.45, 2.75) is 37.0 Å². The lowest BCUT2D eigenvalue weighted by Crippen LogP contribution is -2.38. The summed E-state index contributed by atoms with van der Waals surface area (Å²) in [5.41, 5.74) is 8.57. The second-order valence-corrected chi connectivity index (χ2v) is 9.43. The number of Topliss-reactive ketones (excluding diaryl/α,β-unsaturated/α-hetero) is 1. The lowest BCUT2D eigenvalue weighted by atomic mass is 9.78. The number of nitrogens with zero attached hydrogens (tertiary/aromatic N) is 3. The van der Waals surface area contributed by atoms with Crippen molar-refractivity contribution >= 4 is 40.3 Å². The highest BCUT2D eigenvalue weighted by molar-refractivity contribution is 7.99. The molecule has 0 fully saturated rings. The fraction of sp³-hybridized carbons (Fsp3) is 0.273. The molecule has 0 spiro atoms. The van der Waals surface area contributed by atoms with E-state index >= 15 is 0 Å². The largest absolute Gasteiger partial charge is 0.384 e. The van der Waals surface area contributed by atoms with Crippen LogP contribution in [-0.4, -0.2) is 16.5 Å². The first-order chi connectivity index (χ1) is 15.0. The Kier molecular flexibility index (Phi) is 5.85. The SMILES string of the molecule is CCSc1ccsc1[C@H]1C(C#N)=C(N)N(c2cccc([N+](=O)[O-])c2)C2=C1C(=O)CCC2. The van der Waals surface area contributed by atoms with Crippen LogP contribution in [0, 0.1) is 21.4 Å². The highest BCUT2D eigenvalue weighted by atomic mass is 32.2. The Bertz CT molecular complexity index is 1180. The summed E-state index contributed by atoms with van der Waals surface area (Å²) in [7, 11) is 0. The highest BCUT2D eigenvalue weighted by Crippen LogP contribution is 2.49. The van der Waals surface area contributed by atoms with Gasteiger partial charge in [-0.2, -0.15) is 5.26 Å². The summed E-state index contributed by atoms with van der Waals surface area (Å²) in [5, 5.41) is 23.4. The Balaban J connectivity index is 1.95. The molecule has 2 heterocycles. The molecule has 31 heavy (non-hydrogen) atoms. The number of anilines is 1. The van der Waals surface area contributed by atoms with Crippen LogP contribution in [0.4, 0.5) is 11.4 Å². The summed E-state index contributed by atoms with van der Waals surface area (Å²) in [6.45, 7) is 2.06. The quantitative estimate of drug-likeness (QED) is 0.382. The van der Waals surface area contributed by atoms with Gasteiger partial charge in [0, 0.05) is 39.6 Å². The van der Waals surface area contributed by atoms with E-state index in [2.05, 4.69) is 13.0 Å². The number of nitro groups is 1. The third-order valence-corrected chi connectivity index (χ3v) is 7.50. The van der Waals surface area contributed by atoms with Crippen LogP contribution < -0.4 is 10.6 Å². The third-order valence-electron chi connectivity index (χ3n) is 5.43. The molecule has 0 radical (unpaired) electrons. The van der Waals surface area contributed by atoms with Crippen LogP contribution >= 0.6 is 23.1 Å². The molecule has 1 aliphatic heterocycles. The van der Waals surface area contributed by atoms with Crippen LogP contribution in [0.25, 0.3) is 0 Å². The van der Waals surface area contributed by atoms with Gasteiger partial charge in [0.15, 0.2) is 5.78 Å². The first-order valence-electron chi connectivity index (χ1n) is 9.88. The number of ketones is 1. The van der Waals surface area contributed by atoms with E-state index in [1.54, 1.807) is 28.8 Å². The average Bonchev–Trinajstić information content (AvgIpc) is 3.21. The van der Waals surface area contributed by atoms with Gasteiger partial charge in [-0.25, -0.2) is 0 Å². The van der Waals surface area contributed by atoms with Gasteiger partial charge in [-0.15, -0.1) is 23.1 Å². The van der Waals surface area contributed by atoms with E-state index in [0.717, 1.165) is 21.2 Å². The Morgan fingerprint density at radius 2 is 2.19 bits per heavy atom. The molecular weight excluding hydrogens is 432 g/mol. The zero-order chi connectivity index (χ0) is 22.1. The average molecular weight is 453 g/mol. The molecule has 2 aromatic rings. The molecule has 9 heteroatoms. The number of hydrogen-bond acceptors (Lipinski definition) is 8. The molecule has 4 rings (SSSR count). The monoisotopic (exact) mass is 452 g/mol. The third kappa shape index (κ3) is 3.62. The minimum absolute atomic E-state index is 0.00257. The predicted molar refractivity (Wildman–Crippen MR) is 122 cm³/mol. The van der Waals surface area contributed by atoms with Crippen LogP contribution in [0.15, 0.2) is 63.3 Å². The molecule has 1 aromatic heterocycles. The fourth-order valence-corrected chi connectivity index (χ4v) is 6.23. The standard InChI is InChI=1S/C22H20N4O3S2/c1-2-30-18-9-10-31-21(18)19-15(12-23)22(24)25(16-7-4-8-17(27)20(16)19)13-5-3-6-14(11-13)26(28)29/h3,5-6,9-11,19H,2,4,7-8,24H2,1H3/t19-/m0/s1. The Labute approximate surface area is 188 Å². The van der Waals surface area contributed by atoms with Crippen LogP contribution in [0.1, 0.15) is 37.0 Å². The molecule has 1 aromatic carbocycles.